The Balaban J connectivity index is 1.52. The van der Waals surface area contributed by atoms with E-state index in [-0.39, 0.29) is 16.9 Å². The molecule has 2 aromatic carbocycles. The molecule has 1 aliphatic heterocycles. The van der Waals surface area contributed by atoms with Crippen molar-refractivity contribution in [1.82, 2.24) is 9.29 Å². The Morgan fingerprint density at radius 3 is 2.91 bits per heavy atom. The maximum atomic E-state index is 14.9. The van der Waals surface area contributed by atoms with Crippen molar-refractivity contribution < 1.29 is 9.18 Å². The number of allylic oxidation sites excluding steroid dienone is 1. The summed E-state index contributed by atoms with van der Waals surface area (Å²) in [6, 6.07) is 9.33. The lowest BCUT2D eigenvalue weighted by molar-refractivity contribution is 0.257. The molecule has 9 heteroatoms. The molecular weight excluding hydrogens is 447 g/mol. The number of carbonyl (C=O) groups is 1. The van der Waals surface area contributed by atoms with Crippen LogP contribution in [0.3, 0.4) is 0 Å². The van der Waals surface area contributed by atoms with E-state index in [0.717, 1.165) is 41.6 Å². The van der Waals surface area contributed by atoms with Gasteiger partial charge >= 0.3 is 6.03 Å². The number of pyridine rings is 1. The largest absolute Gasteiger partial charge is 0.384 e. The van der Waals surface area contributed by atoms with Crippen LogP contribution in [0.25, 0.3) is 16.5 Å². The number of carbonyl (C=O) groups excluding carboxylic acids is 1. The lowest BCUT2D eigenvalue weighted by Crippen LogP contribution is -2.23. The zero-order valence-corrected chi connectivity index (χ0v) is 18.9. The summed E-state index contributed by atoms with van der Waals surface area (Å²) in [5.41, 5.74) is 2.23. The van der Waals surface area contributed by atoms with Crippen LogP contribution in [-0.2, 0) is 6.42 Å². The number of halogens is 1. The molecule has 6 nitrogen and oxygen atoms in total. The van der Waals surface area contributed by atoms with E-state index in [1.807, 2.05) is 30.5 Å². The van der Waals surface area contributed by atoms with Gasteiger partial charge in [0.1, 0.15) is 5.82 Å². The number of hydrogen-bond donors (Lipinski definition) is 3. The van der Waals surface area contributed by atoms with E-state index in [1.165, 1.54) is 28.5 Å². The second-order valence-electron chi connectivity index (χ2n) is 7.05. The number of urea groups is 1. The molecular formula is C23H21FN4O2S2. The van der Waals surface area contributed by atoms with Gasteiger partial charge in [-0.1, -0.05) is 24.4 Å². The fourth-order valence-electron chi connectivity index (χ4n) is 3.44. The third-order valence-electron chi connectivity index (χ3n) is 4.90. The van der Waals surface area contributed by atoms with Crippen LogP contribution in [0.2, 0.25) is 0 Å². The van der Waals surface area contributed by atoms with Gasteiger partial charge in [0.2, 0.25) is 0 Å². The van der Waals surface area contributed by atoms with E-state index in [4.69, 9.17) is 0 Å². The predicted octanol–water partition coefficient (Wildman–Crippen LogP) is 5.61. The number of nitrogens with one attached hydrogen (secondary N) is 3. The smallest absolute Gasteiger partial charge is 0.329 e. The highest BCUT2D eigenvalue weighted by molar-refractivity contribution is 8.22. The molecule has 0 atom stereocenters. The first-order valence-corrected chi connectivity index (χ1v) is 11.6. The normalized spacial score (nSPS) is 12.6. The third-order valence-corrected chi connectivity index (χ3v) is 6.62. The molecule has 2 heterocycles. The minimum absolute atomic E-state index is 0.118. The molecule has 164 valence electrons. The van der Waals surface area contributed by atoms with Gasteiger partial charge < -0.3 is 10.6 Å². The van der Waals surface area contributed by atoms with Crippen LogP contribution in [0.4, 0.5) is 20.6 Å². The summed E-state index contributed by atoms with van der Waals surface area (Å²) >= 11 is 2.46. The number of amides is 2. The highest BCUT2D eigenvalue weighted by atomic mass is 32.2. The number of anilines is 2. The molecule has 0 saturated carbocycles. The molecule has 0 saturated heterocycles. The quantitative estimate of drug-likeness (QED) is 0.410. The summed E-state index contributed by atoms with van der Waals surface area (Å²) < 4.78 is 19.4. The summed E-state index contributed by atoms with van der Waals surface area (Å²) in [6.45, 7) is 6.55. The van der Waals surface area contributed by atoms with Crippen LogP contribution in [0.1, 0.15) is 12.5 Å². The number of nitrogens with zero attached hydrogens (tertiary/aromatic N) is 1. The topological polar surface area (TPSA) is 75.2 Å². The first-order valence-electron chi connectivity index (χ1n) is 9.89. The van der Waals surface area contributed by atoms with E-state index in [1.54, 1.807) is 18.3 Å². The molecule has 3 aromatic rings. The number of rotatable bonds is 6. The molecule has 0 bridgehead atoms. The van der Waals surface area contributed by atoms with Crippen molar-refractivity contribution in [2.24, 2.45) is 0 Å². The SMILES string of the molecule is C=C(S/C=C\C)SNC(=O)Nc1ccc(-n2ccc3cc4c(cc3c2=O)CCN4)c(F)c1. The minimum atomic E-state index is -0.618. The zero-order chi connectivity index (χ0) is 22.7. The number of hydrogen-bond acceptors (Lipinski definition) is 5. The third kappa shape index (κ3) is 4.68. The van der Waals surface area contributed by atoms with E-state index < -0.39 is 11.8 Å². The van der Waals surface area contributed by atoms with Gasteiger partial charge in [-0.15, -0.1) is 0 Å². The molecule has 4 rings (SSSR count). The number of thioether (sulfide) groups is 1. The van der Waals surface area contributed by atoms with Crippen molar-refractivity contribution >= 4 is 51.9 Å². The average molecular weight is 469 g/mol. The van der Waals surface area contributed by atoms with Gasteiger partial charge in [0.25, 0.3) is 5.56 Å². The summed E-state index contributed by atoms with van der Waals surface area (Å²) in [5, 5.41) is 9.07. The number of aromatic nitrogens is 1. The van der Waals surface area contributed by atoms with Gasteiger partial charge in [-0.05, 0) is 78.0 Å². The molecule has 3 N–H and O–H groups in total. The first-order chi connectivity index (χ1) is 15.5. The van der Waals surface area contributed by atoms with Crippen molar-refractivity contribution in [3.63, 3.8) is 0 Å². The van der Waals surface area contributed by atoms with E-state index in [9.17, 15) is 14.0 Å². The Labute approximate surface area is 193 Å². The predicted molar refractivity (Wildman–Crippen MR) is 133 cm³/mol. The van der Waals surface area contributed by atoms with Crippen molar-refractivity contribution in [2.75, 3.05) is 17.2 Å². The van der Waals surface area contributed by atoms with Crippen LogP contribution < -0.4 is 20.9 Å². The molecule has 0 radical (unpaired) electrons. The molecule has 1 aliphatic rings. The van der Waals surface area contributed by atoms with Gasteiger partial charge in [-0.25, -0.2) is 9.18 Å². The van der Waals surface area contributed by atoms with Gasteiger partial charge in [0.05, 0.1) is 9.92 Å². The van der Waals surface area contributed by atoms with Crippen molar-refractivity contribution in [2.45, 2.75) is 13.3 Å². The summed E-state index contributed by atoms with van der Waals surface area (Å²) in [4.78, 5) is 25.1. The van der Waals surface area contributed by atoms with Crippen molar-refractivity contribution in [3.8, 4) is 5.69 Å². The maximum Gasteiger partial charge on any atom is 0.329 e. The second kappa shape index (κ2) is 9.54. The van der Waals surface area contributed by atoms with Crippen molar-refractivity contribution in [1.29, 1.82) is 0 Å². The molecule has 1 aromatic heterocycles. The molecule has 0 spiro atoms. The van der Waals surface area contributed by atoms with Crippen LogP contribution in [0.5, 0.6) is 0 Å². The lowest BCUT2D eigenvalue weighted by atomic mass is 10.1. The summed E-state index contributed by atoms with van der Waals surface area (Å²) in [5.74, 6) is -0.618. The average Bonchev–Trinajstić information content (AvgIpc) is 3.23. The van der Waals surface area contributed by atoms with Gasteiger partial charge in [-0.3, -0.25) is 14.1 Å². The Morgan fingerprint density at radius 2 is 2.12 bits per heavy atom. The Bertz CT molecular complexity index is 1300. The maximum absolute atomic E-state index is 14.9. The van der Waals surface area contributed by atoms with Crippen LogP contribution >= 0.6 is 23.7 Å². The van der Waals surface area contributed by atoms with Crippen molar-refractivity contribution in [3.05, 3.63) is 86.6 Å². The van der Waals surface area contributed by atoms with Gasteiger partial charge in [0, 0.05) is 29.5 Å². The summed E-state index contributed by atoms with van der Waals surface area (Å²) in [7, 11) is 0. The Hall–Kier alpha value is -3.17. The zero-order valence-electron chi connectivity index (χ0n) is 17.3. The van der Waals surface area contributed by atoms with E-state index in [2.05, 4.69) is 21.9 Å². The monoisotopic (exact) mass is 468 g/mol. The fourth-order valence-corrected chi connectivity index (χ4v) is 4.47. The molecule has 0 fully saturated rings. The van der Waals surface area contributed by atoms with Gasteiger partial charge in [0.15, 0.2) is 0 Å². The fraction of sp³-hybridized carbons (Fsp3) is 0.130. The Kier molecular flexibility index (Phi) is 6.57. The molecule has 0 aliphatic carbocycles. The number of benzene rings is 2. The number of fused-ring (bicyclic) bond motifs is 2. The minimum Gasteiger partial charge on any atom is -0.384 e. The highest BCUT2D eigenvalue weighted by Gasteiger charge is 2.15. The Morgan fingerprint density at radius 1 is 1.28 bits per heavy atom. The van der Waals surface area contributed by atoms with Crippen LogP contribution in [-0.4, -0.2) is 17.1 Å². The van der Waals surface area contributed by atoms with E-state index in [0.29, 0.717) is 9.62 Å². The highest BCUT2D eigenvalue weighted by Crippen LogP contribution is 2.27. The molecule has 32 heavy (non-hydrogen) atoms. The summed E-state index contributed by atoms with van der Waals surface area (Å²) in [6.07, 6.45) is 4.29. The van der Waals surface area contributed by atoms with Crippen LogP contribution in [0, 0.1) is 5.82 Å². The molecule has 0 unspecified atom stereocenters. The standard InChI is InChI=1S/C23H21FN4O2S2/c1-3-10-31-14(2)32-27-23(30)26-17-4-5-21(19(24)13-17)28-9-7-15-12-20-16(6-8-25-20)11-18(15)22(28)29/h3-5,7,9-13,25H,2,6,8H2,1H3,(H2,26,27,30)/b10-3-. The molecule has 2 amide bonds. The van der Waals surface area contributed by atoms with Gasteiger partial charge in [-0.2, -0.15) is 0 Å². The second-order valence-corrected chi connectivity index (χ2v) is 9.21. The lowest BCUT2D eigenvalue weighted by Gasteiger charge is -2.12. The first kappa shape index (κ1) is 22.0. The van der Waals surface area contributed by atoms with E-state index >= 15 is 0 Å². The van der Waals surface area contributed by atoms with Crippen LogP contribution in [0.15, 0.2) is 69.7 Å².